The Hall–Kier alpha value is -2.67. The monoisotopic (exact) mass is 346 g/mol. The van der Waals surface area contributed by atoms with Gasteiger partial charge in [-0.25, -0.2) is 4.39 Å². The lowest BCUT2D eigenvalue weighted by Crippen LogP contribution is -2.35. The molecule has 7 heteroatoms. The number of hydrogen-bond acceptors (Lipinski definition) is 4. The molecule has 2 atom stereocenters. The lowest BCUT2D eigenvalue weighted by Gasteiger charge is -2.17. The molecule has 3 rings (SSSR count). The molecule has 0 aliphatic carbocycles. The fourth-order valence-corrected chi connectivity index (χ4v) is 2.83. The topological polar surface area (TPSA) is 82.8 Å². The van der Waals surface area contributed by atoms with Crippen molar-refractivity contribution in [1.82, 2.24) is 5.32 Å². The van der Waals surface area contributed by atoms with Crippen LogP contribution in [0.2, 0.25) is 0 Å². The Labute approximate surface area is 144 Å². The fourth-order valence-electron chi connectivity index (χ4n) is 2.83. The number of rotatable bonds is 5. The Balaban J connectivity index is 1.56. The van der Waals surface area contributed by atoms with Crippen molar-refractivity contribution in [2.45, 2.75) is 19.4 Å². The molecule has 1 aromatic heterocycles. The van der Waals surface area contributed by atoms with Gasteiger partial charge >= 0.3 is 0 Å². The number of aliphatic hydroxyl groups is 1. The first-order chi connectivity index (χ1) is 11.9. The molecule has 1 saturated heterocycles. The van der Waals surface area contributed by atoms with Gasteiger partial charge in [0.15, 0.2) is 0 Å². The van der Waals surface area contributed by atoms with E-state index in [4.69, 9.17) is 4.42 Å². The normalized spacial score (nSPS) is 18.4. The number of nitrogens with one attached hydrogen (secondary N) is 1. The summed E-state index contributed by atoms with van der Waals surface area (Å²) >= 11 is 0. The summed E-state index contributed by atoms with van der Waals surface area (Å²) in [6.45, 7) is 2.00. The number of carbonyl (C=O) groups is 2. The Bertz CT molecular complexity index is 772. The van der Waals surface area contributed by atoms with E-state index in [1.807, 2.05) is 0 Å². The molecule has 0 saturated carbocycles. The molecule has 1 aliphatic rings. The van der Waals surface area contributed by atoms with Gasteiger partial charge in [-0.15, -0.1) is 0 Å². The molecule has 25 heavy (non-hydrogen) atoms. The molecule has 1 aromatic carbocycles. The molecule has 1 aliphatic heterocycles. The first kappa shape index (κ1) is 17.2. The summed E-state index contributed by atoms with van der Waals surface area (Å²) in [5, 5.41) is 12.7. The molecule has 2 N–H and O–H groups in total. The van der Waals surface area contributed by atoms with Gasteiger partial charge in [-0.3, -0.25) is 9.59 Å². The Morgan fingerprint density at radius 1 is 1.36 bits per heavy atom. The van der Waals surface area contributed by atoms with Gasteiger partial charge in [0.05, 0.1) is 12.5 Å². The zero-order valence-corrected chi connectivity index (χ0v) is 13.7. The van der Waals surface area contributed by atoms with E-state index in [-0.39, 0.29) is 37.1 Å². The first-order valence-corrected chi connectivity index (χ1v) is 8.02. The number of hydrogen-bond donors (Lipinski definition) is 2. The minimum atomic E-state index is -0.942. The van der Waals surface area contributed by atoms with Crippen LogP contribution in [0.15, 0.2) is 40.8 Å². The standard InChI is InChI=1S/C18H19FN2O4/c1-11-2-7-16(25-11)15(22)9-20-18(24)12-8-17(23)21(10-12)14-5-3-13(19)4-6-14/h2-7,12,15,22H,8-10H2,1H3,(H,20,24)/t12-,15+/m1/s1. The number of nitrogens with zero attached hydrogens (tertiary/aromatic N) is 1. The van der Waals surface area contributed by atoms with Gasteiger partial charge in [0.25, 0.3) is 0 Å². The van der Waals surface area contributed by atoms with Crippen LogP contribution in [-0.4, -0.2) is 30.0 Å². The molecule has 1 fully saturated rings. The van der Waals surface area contributed by atoms with Crippen LogP contribution in [0.25, 0.3) is 0 Å². The predicted octanol–water partition coefficient (Wildman–Crippen LogP) is 1.93. The lowest BCUT2D eigenvalue weighted by atomic mass is 10.1. The number of benzene rings is 1. The van der Waals surface area contributed by atoms with Crippen LogP contribution in [-0.2, 0) is 9.59 Å². The fraction of sp³-hybridized carbons (Fsp3) is 0.333. The molecule has 0 spiro atoms. The van der Waals surface area contributed by atoms with Gasteiger partial charge in [0, 0.05) is 18.7 Å². The van der Waals surface area contributed by atoms with E-state index in [2.05, 4.69) is 5.32 Å². The van der Waals surface area contributed by atoms with E-state index in [9.17, 15) is 19.1 Å². The minimum absolute atomic E-state index is 0.00697. The van der Waals surface area contributed by atoms with Crippen LogP contribution in [0.4, 0.5) is 10.1 Å². The molecular weight excluding hydrogens is 327 g/mol. The van der Waals surface area contributed by atoms with Crippen molar-refractivity contribution >= 4 is 17.5 Å². The average Bonchev–Trinajstić information content (AvgIpc) is 3.19. The first-order valence-electron chi connectivity index (χ1n) is 8.02. The number of amides is 2. The maximum absolute atomic E-state index is 13.0. The van der Waals surface area contributed by atoms with Crippen LogP contribution >= 0.6 is 0 Å². The summed E-state index contributed by atoms with van der Waals surface area (Å²) in [6.07, 6.45) is -0.859. The summed E-state index contributed by atoms with van der Waals surface area (Å²) in [5.74, 6) is -0.325. The number of halogens is 1. The summed E-state index contributed by atoms with van der Waals surface area (Å²) in [5.41, 5.74) is 0.563. The van der Waals surface area contributed by atoms with Crippen molar-refractivity contribution in [3.05, 3.63) is 53.7 Å². The summed E-state index contributed by atoms with van der Waals surface area (Å²) in [6, 6.07) is 8.96. The highest BCUT2D eigenvalue weighted by atomic mass is 19.1. The number of carbonyl (C=O) groups excluding carboxylic acids is 2. The molecule has 2 amide bonds. The molecule has 132 valence electrons. The Morgan fingerprint density at radius 2 is 2.08 bits per heavy atom. The third-order valence-corrected chi connectivity index (χ3v) is 4.19. The zero-order valence-electron chi connectivity index (χ0n) is 13.7. The SMILES string of the molecule is Cc1ccc([C@@H](O)CNC(=O)[C@@H]2CC(=O)N(c3ccc(F)cc3)C2)o1. The highest BCUT2D eigenvalue weighted by molar-refractivity contribution is 6.00. The van der Waals surface area contributed by atoms with E-state index >= 15 is 0 Å². The van der Waals surface area contributed by atoms with E-state index in [0.29, 0.717) is 17.2 Å². The average molecular weight is 346 g/mol. The molecular formula is C18H19FN2O4. The number of aliphatic hydroxyl groups excluding tert-OH is 1. The molecule has 0 radical (unpaired) electrons. The van der Waals surface area contributed by atoms with E-state index in [1.54, 1.807) is 19.1 Å². The van der Waals surface area contributed by atoms with Crippen molar-refractivity contribution in [3.63, 3.8) is 0 Å². The number of aryl methyl sites for hydroxylation is 1. The van der Waals surface area contributed by atoms with Gasteiger partial charge in [0.1, 0.15) is 23.4 Å². The van der Waals surface area contributed by atoms with Crippen LogP contribution < -0.4 is 10.2 Å². The lowest BCUT2D eigenvalue weighted by molar-refractivity contribution is -0.126. The van der Waals surface area contributed by atoms with Gasteiger partial charge in [0.2, 0.25) is 11.8 Å². The zero-order chi connectivity index (χ0) is 18.0. The largest absolute Gasteiger partial charge is 0.464 e. The molecule has 2 aromatic rings. The number of furan rings is 1. The van der Waals surface area contributed by atoms with E-state index in [0.717, 1.165) is 0 Å². The number of anilines is 1. The Kier molecular flexibility index (Phi) is 4.85. The van der Waals surface area contributed by atoms with Gasteiger partial charge in [-0.1, -0.05) is 0 Å². The second-order valence-corrected chi connectivity index (χ2v) is 6.09. The van der Waals surface area contributed by atoms with E-state index < -0.39 is 12.0 Å². The van der Waals surface area contributed by atoms with Gasteiger partial charge in [-0.05, 0) is 43.3 Å². The Morgan fingerprint density at radius 3 is 2.72 bits per heavy atom. The smallest absolute Gasteiger partial charge is 0.227 e. The van der Waals surface area contributed by atoms with Crippen LogP contribution in [0.3, 0.4) is 0 Å². The van der Waals surface area contributed by atoms with Crippen molar-refractivity contribution in [2.75, 3.05) is 18.0 Å². The van der Waals surface area contributed by atoms with Crippen molar-refractivity contribution in [1.29, 1.82) is 0 Å². The van der Waals surface area contributed by atoms with Crippen molar-refractivity contribution < 1.29 is 23.5 Å². The molecule has 0 bridgehead atoms. The van der Waals surface area contributed by atoms with Crippen LogP contribution in [0.5, 0.6) is 0 Å². The second-order valence-electron chi connectivity index (χ2n) is 6.09. The van der Waals surface area contributed by atoms with E-state index in [1.165, 1.54) is 29.2 Å². The van der Waals surface area contributed by atoms with Crippen LogP contribution in [0, 0.1) is 18.7 Å². The van der Waals surface area contributed by atoms with Crippen molar-refractivity contribution in [2.24, 2.45) is 5.92 Å². The van der Waals surface area contributed by atoms with Gasteiger partial charge in [-0.2, -0.15) is 0 Å². The third kappa shape index (κ3) is 3.88. The molecule has 2 heterocycles. The van der Waals surface area contributed by atoms with Crippen molar-refractivity contribution in [3.8, 4) is 0 Å². The molecule has 0 unspecified atom stereocenters. The molecule has 6 nitrogen and oxygen atoms in total. The second kappa shape index (κ2) is 7.06. The van der Waals surface area contributed by atoms with Gasteiger partial charge < -0.3 is 19.7 Å². The maximum atomic E-state index is 13.0. The minimum Gasteiger partial charge on any atom is -0.464 e. The third-order valence-electron chi connectivity index (χ3n) is 4.19. The highest BCUT2D eigenvalue weighted by Gasteiger charge is 2.35. The summed E-state index contributed by atoms with van der Waals surface area (Å²) < 4.78 is 18.3. The highest BCUT2D eigenvalue weighted by Crippen LogP contribution is 2.25. The van der Waals surface area contributed by atoms with Crippen LogP contribution in [0.1, 0.15) is 24.0 Å². The predicted molar refractivity (Wildman–Crippen MR) is 88.3 cm³/mol. The summed E-state index contributed by atoms with van der Waals surface area (Å²) in [4.78, 5) is 25.9. The quantitative estimate of drug-likeness (QED) is 0.867. The maximum Gasteiger partial charge on any atom is 0.227 e. The summed E-state index contributed by atoms with van der Waals surface area (Å²) in [7, 11) is 0.